The number of likely N-dealkylation sites (N-methyl/N-ethyl adjacent to an activating group) is 1. The lowest BCUT2D eigenvalue weighted by atomic mass is 9.71. The van der Waals surface area contributed by atoms with Crippen LogP contribution in [-0.2, 0) is 11.3 Å². The number of halogens is 1. The van der Waals surface area contributed by atoms with Gasteiger partial charge in [-0.2, -0.15) is 0 Å². The van der Waals surface area contributed by atoms with Crippen molar-refractivity contribution < 1.29 is 19.6 Å². The van der Waals surface area contributed by atoms with Crippen LogP contribution in [0.2, 0.25) is 0 Å². The molecule has 0 radical (unpaired) electrons. The number of piperidine rings is 1. The molecule has 0 saturated carbocycles. The smallest absolute Gasteiger partial charge is 0.162 e. The lowest BCUT2D eigenvalue weighted by molar-refractivity contribution is -0.288. The molecular weight excluding hydrogens is 330 g/mol. The third-order valence-electron chi connectivity index (χ3n) is 5.65. The number of benzene rings is 1. The van der Waals surface area contributed by atoms with Crippen molar-refractivity contribution in [3.63, 3.8) is 0 Å². The van der Waals surface area contributed by atoms with Gasteiger partial charge in [0.15, 0.2) is 11.5 Å². The Morgan fingerprint density at radius 2 is 2.12 bits per heavy atom. The Kier molecular flexibility index (Phi) is 5.06. The van der Waals surface area contributed by atoms with Gasteiger partial charge in [0, 0.05) is 12.0 Å². The molecule has 0 unspecified atom stereocenters. The summed E-state index contributed by atoms with van der Waals surface area (Å²) < 4.78 is 11.8. The summed E-state index contributed by atoms with van der Waals surface area (Å²) in [5.41, 5.74) is 1.25. The normalized spacial score (nSPS) is 34.2. The summed E-state index contributed by atoms with van der Waals surface area (Å²) in [7, 11) is 3.85. The van der Waals surface area contributed by atoms with E-state index >= 15 is 0 Å². The summed E-state index contributed by atoms with van der Waals surface area (Å²) in [6.07, 6.45) is 5.53. The topological polar surface area (TPSA) is 51.2 Å². The molecule has 6 heteroatoms. The zero-order chi connectivity index (χ0) is 16.0. The van der Waals surface area contributed by atoms with E-state index in [0.717, 1.165) is 30.9 Å². The standard InChI is InChI=1S/C18H23NO4.ClH/c1-19-8-7-13-12-4-6-16(23-20)18(13)22-17-10-11(9-14(12)19)3-5-15(17)21-2;/h3-6,10,12-14,16,18,20H,7-9H2,1-2H3;1H/t12-,13+,14-,16+,18-;/m1./s1. The Morgan fingerprint density at radius 1 is 1.29 bits per heavy atom. The van der Waals surface area contributed by atoms with E-state index in [-0.39, 0.29) is 18.5 Å². The first-order valence-electron chi connectivity index (χ1n) is 8.23. The van der Waals surface area contributed by atoms with E-state index in [1.807, 2.05) is 12.1 Å². The highest BCUT2D eigenvalue weighted by Crippen LogP contribution is 2.43. The largest absolute Gasteiger partial charge is 0.493 e. The highest BCUT2D eigenvalue weighted by molar-refractivity contribution is 5.85. The Bertz CT molecular complexity index is 623. The van der Waals surface area contributed by atoms with Gasteiger partial charge in [-0.05, 0) is 50.0 Å². The van der Waals surface area contributed by atoms with E-state index in [4.69, 9.17) is 14.4 Å². The first-order valence-corrected chi connectivity index (χ1v) is 8.23. The molecule has 4 rings (SSSR count). The third kappa shape index (κ3) is 2.80. The maximum absolute atomic E-state index is 9.31. The molecule has 6 bridgehead atoms. The van der Waals surface area contributed by atoms with Crippen LogP contribution in [0.3, 0.4) is 0 Å². The molecule has 1 N–H and O–H groups in total. The van der Waals surface area contributed by atoms with Crippen LogP contribution in [0, 0.1) is 11.8 Å². The summed E-state index contributed by atoms with van der Waals surface area (Å²) in [4.78, 5) is 7.15. The van der Waals surface area contributed by atoms with Gasteiger partial charge in [0.05, 0.1) is 7.11 Å². The first kappa shape index (κ1) is 17.5. The predicted octanol–water partition coefficient (Wildman–Crippen LogP) is 2.79. The van der Waals surface area contributed by atoms with Gasteiger partial charge in [0.25, 0.3) is 0 Å². The van der Waals surface area contributed by atoms with E-state index in [9.17, 15) is 5.26 Å². The van der Waals surface area contributed by atoms with E-state index in [1.165, 1.54) is 5.56 Å². The van der Waals surface area contributed by atoms with Crippen LogP contribution in [0.4, 0.5) is 0 Å². The van der Waals surface area contributed by atoms with E-state index in [1.54, 1.807) is 7.11 Å². The van der Waals surface area contributed by atoms with Gasteiger partial charge in [0.2, 0.25) is 0 Å². The minimum absolute atomic E-state index is 0. The van der Waals surface area contributed by atoms with Gasteiger partial charge in [-0.25, -0.2) is 4.89 Å². The second-order valence-electron chi connectivity index (χ2n) is 6.80. The molecule has 0 spiro atoms. The minimum atomic E-state index is -0.438. The third-order valence-corrected chi connectivity index (χ3v) is 5.65. The number of fused-ring (bicyclic) bond motifs is 2. The van der Waals surface area contributed by atoms with Gasteiger partial charge in [-0.1, -0.05) is 18.2 Å². The molecule has 1 aromatic carbocycles. The molecule has 0 aromatic heterocycles. The maximum atomic E-state index is 9.31. The summed E-state index contributed by atoms with van der Waals surface area (Å²) in [6.45, 7) is 1.03. The lowest BCUT2D eigenvalue weighted by Crippen LogP contribution is -2.55. The molecule has 1 aromatic rings. The van der Waals surface area contributed by atoms with Crippen LogP contribution in [-0.4, -0.2) is 49.1 Å². The molecule has 5 atom stereocenters. The van der Waals surface area contributed by atoms with Crippen molar-refractivity contribution in [2.24, 2.45) is 11.8 Å². The van der Waals surface area contributed by atoms with Gasteiger partial charge in [-0.15, -0.1) is 12.4 Å². The number of likely N-dealkylation sites (tertiary alicyclic amines) is 1. The second-order valence-corrected chi connectivity index (χ2v) is 6.80. The maximum Gasteiger partial charge on any atom is 0.162 e. The summed E-state index contributed by atoms with van der Waals surface area (Å²) >= 11 is 0. The average Bonchev–Trinajstić information content (AvgIpc) is 2.58. The molecule has 5 nitrogen and oxygen atoms in total. The molecule has 0 amide bonds. The second kappa shape index (κ2) is 6.92. The highest BCUT2D eigenvalue weighted by atomic mass is 35.5. The van der Waals surface area contributed by atoms with Crippen molar-refractivity contribution in [1.29, 1.82) is 0 Å². The SMILES string of the molecule is COc1ccc2cc1O[C@@H]1[C@H]3CCN(C)[C@H](C2)[C@@H]3C=C[C@@H]1OO.Cl. The fraction of sp³-hybridized carbons (Fsp3) is 0.556. The molecule has 2 heterocycles. The Morgan fingerprint density at radius 3 is 2.88 bits per heavy atom. The lowest BCUT2D eigenvalue weighted by Gasteiger charge is -2.47. The fourth-order valence-electron chi connectivity index (χ4n) is 4.41. The van der Waals surface area contributed by atoms with Crippen LogP contribution < -0.4 is 9.47 Å². The Balaban J connectivity index is 0.00000169. The molecule has 2 aliphatic heterocycles. The fourth-order valence-corrected chi connectivity index (χ4v) is 4.41. The van der Waals surface area contributed by atoms with E-state index in [0.29, 0.717) is 17.9 Å². The zero-order valence-corrected chi connectivity index (χ0v) is 14.7. The first-order chi connectivity index (χ1) is 11.2. The van der Waals surface area contributed by atoms with Crippen molar-refractivity contribution in [2.75, 3.05) is 20.7 Å². The predicted molar refractivity (Wildman–Crippen MR) is 93.0 cm³/mol. The zero-order valence-electron chi connectivity index (χ0n) is 13.9. The quantitative estimate of drug-likeness (QED) is 0.503. The van der Waals surface area contributed by atoms with Gasteiger partial charge < -0.3 is 14.4 Å². The number of methoxy groups -OCH3 is 1. The van der Waals surface area contributed by atoms with Crippen LogP contribution in [0.15, 0.2) is 30.4 Å². The number of hydrogen-bond acceptors (Lipinski definition) is 5. The van der Waals surface area contributed by atoms with Crippen molar-refractivity contribution in [3.05, 3.63) is 35.9 Å². The van der Waals surface area contributed by atoms with Crippen LogP contribution in [0.1, 0.15) is 12.0 Å². The molecular formula is C18H24ClNO4. The number of hydrogen-bond donors (Lipinski definition) is 1. The van der Waals surface area contributed by atoms with Crippen LogP contribution in [0.5, 0.6) is 11.5 Å². The Labute approximate surface area is 148 Å². The highest BCUT2D eigenvalue weighted by Gasteiger charge is 2.46. The monoisotopic (exact) mass is 353 g/mol. The van der Waals surface area contributed by atoms with E-state index < -0.39 is 6.10 Å². The summed E-state index contributed by atoms with van der Waals surface area (Å²) in [5, 5.41) is 9.31. The van der Waals surface area contributed by atoms with Gasteiger partial charge in [-0.3, -0.25) is 5.26 Å². The van der Waals surface area contributed by atoms with Crippen LogP contribution in [0.25, 0.3) is 0 Å². The Hall–Kier alpha value is -1.27. The van der Waals surface area contributed by atoms with Crippen molar-refractivity contribution >= 4 is 12.4 Å². The number of rotatable bonds is 2. The van der Waals surface area contributed by atoms with Crippen molar-refractivity contribution in [1.82, 2.24) is 4.90 Å². The van der Waals surface area contributed by atoms with Gasteiger partial charge in [0.1, 0.15) is 12.2 Å². The van der Waals surface area contributed by atoms with Gasteiger partial charge >= 0.3 is 0 Å². The number of nitrogens with zero attached hydrogens (tertiary/aromatic N) is 1. The summed E-state index contributed by atoms with van der Waals surface area (Å²) in [6, 6.07) is 6.58. The van der Waals surface area contributed by atoms with E-state index in [2.05, 4.69) is 30.2 Å². The molecule has 1 saturated heterocycles. The van der Waals surface area contributed by atoms with Crippen molar-refractivity contribution in [2.45, 2.75) is 31.1 Å². The summed E-state index contributed by atoms with van der Waals surface area (Å²) in [5.74, 6) is 2.20. The molecule has 1 aliphatic carbocycles. The minimum Gasteiger partial charge on any atom is -0.493 e. The molecule has 1 fully saturated rings. The van der Waals surface area contributed by atoms with Crippen LogP contribution >= 0.6 is 12.4 Å². The molecule has 3 aliphatic rings. The average molecular weight is 354 g/mol. The van der Waals surface area contributed by atoms with Crippen molar-refractivity contribution in [3.8, 4) is 11.5 Å². The molecule has 24 heavy (non-hydrogen) atoms. The number of ether oxygens (including phenoxy) is 2. The molecule has 132 valence electrons.